The Morgan fingerprint density at radius 3 is 1.07 bits per heavy atom. The van der Waals surface area contributed by atoms with E-state index in [2.05, 4.69) is 243 Å². The van der Waals surface area contributed by atoms with Crippen molar-refractivity contribution in [1.82, 2.24) is 0 Å². The first-order valence-electron chi connectivity index (χ1n) is 23.0. The van der Waals surface area contributed by atoms with E-state index in [9.17, 15) is 0 Å². The third-order valence-electron chi connectivity index (χ3n) is 13.3. The molecule has 12 rings (SSSR count). The maximum absolute atomic E-state index is 6.69. The lowest BCUT2D eigenvalue weighted by atomic mass is 9.95. The number of fused-ring (bicyclic) bond motifs is 5. The van der Waals surface area contributed by atoms with Crippen molar-refractivity contribution in [3.63, 3.8) is 0 Å². The summed E-state index contributed by atoms with van der Waals surface area (Å²) < 4.78 is 13.3. The molecule has 0 saturated carbocycles. The lowest BCUT2D eigenvalue weighted by Crippen LogP contribution is -2.27. The summed E-state index contributed by atoms with van der Waals surface area (Å²) in [5.74, 6) is 1.61. The van der Waals surface area contributed by atoms with Crippen molar-refractivity contribution >= 4 is 102 Å². The first kappa shape index (κ1) is 41.8. The van der Waals surface area contributed by atoms with Gasteiger partial charge in [-0.2, -0.15) is 0 Å². The molecule has 324 valence electrons. The Labute approximate surface area is 399 Å². The molecule has 0 unspecified atom stereocenters. The molecule has 0 fully saturated rings. The molecule has 0 radical (unpaired) electrons. The number of methoxy groups -OCH3 is 2. The molecule has 0 aliphatic rings. The quantitative estimate of drug-likeness (QED) is 0.127. The van der Waals surface area contributed by atoms with Gasteiger partial charge < -0.3 is 9.47 Å². The minimum absolute atomic E-state index is 0.802. The second-order valence-electron chi connectivity index (χ2n) is 17.3. The molecule has 12 aromatic rings. The second-order valence-corrected chi connectivity index (χ2v) is 21.6. The lowest BCUT2D eigenvalue weighted by molar-refractivity contribution is 0.411. The fourth-order valence-corrected chi connectivity index (χ4v) is 15.2. The zero-order valence-corrected chi connectivity index (χ0v) is 39.6. The second kappa shape index (κ2) is 17.9. The van der Waals surface area contributed by atoms with Crippen LogP contribution in [0.1, 0.15) is 0 Å². The number of benzene rings is 12. The maximum atomic E-state index is 6.69. The summed E-state index contributed by atoms with van der Waals surface area (Å²) in [6.07, 6.45) is 0. The fourth-order valence-electron chi connectivity index (χ4n) is 10.0. The highest BCUT2D eigenvalue weighted by Crippen LogP contribution is 2.50. The van der Waals surface area contributed by atoms with Crippen molar-refractivity contribution in [3.05, 3.63) is 243 Å². The van der Waals surface area contributed by atoms with Crippen molar-refractivity contribution in [2.75, 3.05) is 14.2 Å². The van der Waals surface area contributed by atoms with E-state index in [1.165, 1.54) is 85.7 Å². The van der Waals surface area contributed by atoms with Crippen molar-refractivity contribution in [2.45, 2.75) is 0 Å². The smallest absolute Gasteiger partial charge is 0.127 e. The summed E-state index contributed by atoms with van der Waals surface area (Å²) in [4.78, 5) is 0. The molecule has 0 aliphatic carbocycles. The van der Waals surface area contributed by atoms with E-state index in [1.54, 1.807) is 0 Å². The average Bonchev–Trinajstić information content (AvgIpc) is 3.40. The van der Waals surface area contributed by atoms with Gasteiger partial charge >= 0.3 is 0 Å². The Morgan fingerprint density at radius 2 is 0.647 bits per heavy atom. The van der Waals surface area contributed by atoms with Crippen LogP contribution in [-0.2, 0) is 0 Å². The summed E-state index contributed by atoms with van der Waals surface area (Å²) in [6.45, 7) is 0. The van der Waals surface area contributed by atoms with Gasteiger partial charge in [-0.15, -0.1) is 0 Å². The van der Waals surface area contributed by atoms with Gasteiger partial charge in [0.05, 0.1) is 14.2 Å². The molecule has 2 nitrogen and oxygen atoms in total. The third-order valence-corrected chi connectivity index (χ3v) is 18.3. The summed E-state index contributed by atoms with van der Waals surface area (Å²) in [7, 11) is 1.17. The third kappa shape index (κ3) is 7.57. The molecule has 68 heavy (non-hydrogen) atoms. The van der Waals surface area contributed by atoms with Gasteiger partial charge in [0.25, 0.3) is 0 Å². The highest BCUT2D eigenvalue weighted by atomic mass is 31.1. The lowest BCUT2D eigenvalue weighted by Gasteiger charge is -2.30. The van der Waals surface area contributed by atoms with Gasteiger partial charge in [0.15, 0.2) is 0 Å². The predicted molar refractivity (Wildman–Crippen MR) is 295 cm³/mol. The van der Waals surface area contributed by atoms with Crippen LogP contribution in [0.2, 0.25) is 0 Å². The average molecular weight is 909 g/mol. The van der Waals surface area contributed by atoms with Gasteiger partial charge in [-0.05, 0) is 156 Å². The topological polar surface area (TPSA) is 18.5 Å². The zero-order valence-electron chi connectivity index (χ0n) is 37.8. The van der Waals surface area contributed by atoms with E-state index in [-0.39, 0.29) is 0 Å². The molecular weight excluding hydrogens is 863 g/mol. The van der Waals surface area contributed by atoms with Crippen LogP contribution in [0.5, 0.6) is 11.5 Å². The number of ether oxygens (including phenoxy) is 2. The molecule has 0 aromatic heterocycles. The van der Waals surface area contributed by atoms with E-state index in [0.29, 0.717) is 0 Å². The van der Waals surface area contributed by atoms with Gasteiger partial charge in [0.1, 0.15) is 11.5 Å². The molecule has 0 N–H and O–H groups in total. The van der Waals surface area contributed by atoms with Gasteiger partial charge in [-0.25, -0.2) is 0 Å². The minimum Gasteiger partial charge on any atom is -0.496 e. The van der Waals surface area contributed by atoms with Gasteiger partial charge in [-0.3, -0.25) is 0 Å². The Bertz CT molecular complexity index is 3720. The Balaban J connectivity index is 1.22. The largest absolute Gasteiger partial charge is 0.496 e. The van der Waals surface area contributed by atoms with Crippen LogP contribution in [0.15, 0.2) is 243 Å². The Kier molecular flexibility index (Phi) is 11.0. The van der Waals surface area contributed by atoms with Crippen LogP contribution in [0.25, 0.3) is 76.1 Å². The molecular formula is C64H46O2P2. The van der Waals surface area contributed by atoms with Gasteiger partial charge in [0, 0.05) is 16.4 Å². The van der Waals surface area contributed by atoms with Crippen molar-refractivity contribution < 1.29 is 9.47 Å². The van der Waals surface area contributed by atoms with Crippen LogP contribution in [0.4, 0.5) is 0 Å². The Morgan fingerprint density at radius 1 is 0.279 bits per heavy atom. The summed E-state index contributed by atoms with van der Waals surface area (Å²) in [5.41, 5.74) is 4.41. The normalized spacial score (nSPS) is 11.6. The molecule has 0 heterocycles. The van der Waals surface area contributed by atoms with Gasteiger partial charge in [0.2, 0.25) is 0 Å². The van der Waals surface area contributed by atoms with E-state index in [0.717, 1.165) is 33.8 Å². The molecule has 0 saturated heterocycles. The summed E-state index contributed by atoms with van der Waals surface area (Å²) in [6, 6.07) is 89.7. The summed E-state index contributed by atoms with van der Waals surface area (Å²) >= 11 is 0. The monoisotopic (exact) mass is 908 g/mol. The number of hydrogen-bond donors (Lipinski definition) is 0. The van der Waals surface area contributed by atoms with Crippen molar-refractivity contribution in [1.29, 1.82) is 0 Å². The van der Waals surface area contributed by atoms with Crippen LogP contribution >= 0.6 is 15.8 Å². The molecule has 0 bridgehead atoms. The van der Waals surface area contributed by atoms with E-state index < -0.39 is 15.8 Å². The van der Waals surface area contributed by atoms with E-state index >= 15 is 0 Å². The number of rotatable bonds is 10. The number of hydrogen-bond acceptors (Lipinski definition) is 2. The molecule has 0 aliphatic heterocycles. The van der Waals surface area contributed by atoms with Crippen molar-refractivity contribution in [3.8, 4) is 33.8 Å². The molecule has 0 amide bonds. The van der Waals surface area contributed by atoms with Crippen molar-refractivity contribution in [2.24, 2.45) is 0 Å². The summed E-state index contributed by atoms with van der Waals surface area (Å²) in [5, 5.41) is 19.6. The van der Waals surface area contributed by atoms with E-state index in [1.807, 2.05) is 14.2 Å². The highest BCUT2D eigenvalue weighted by Gasteiger charge is 2.32. The Hall–Kier alpha value is -7.60. The predicted octanol–water partition coefficient (Wildman–Crippen LogP) is 14.3. The SMILES string of the molecule is COc1cccc(P(c2ccc3ccccc3c2)c2ccc3ccccc3c2)c1-c1c(OC)ccc(-c2ccc3ccccc3c2)c1P(c1ccc2ccccc2c1)c1ccc2ccccc2c1. The highest BCUT2D eigenvalue weighted by molar-refractivity contribution is 7.81. The zero-order chi connectivity index (χ0) is 45.6. The minimum atomic E-state index is -1.28. The molecule has 4 heteroatoms. The molecule has 0 spiro atoms. The maximum Gasteiger partial charge on any atom is 0.127 e. The first-order valence-corrected chi connectivity index (χ1v) is 25.7. The van der Waals surface area contributed by atoms with Crippen LogP contribution in [-0.4, -0.2) is 14.2 Å². The van der Waals surface area contributed by atoms with Crippen LogP contribution < -0.4 is 41.3 Å². The van der Waals surface area contributed by atoms with E-state index in [4.69, 9.17) is 9.47 Å². The van der Waals surface area contributed by atoms with Crippen LogP contribution in [0, 0.1) is 0 Å². The standard InChI is InChI=1S/C64H46O2P2/c1-65-59-24-13-25-61(67(54-32-28-44-15-4-9-20-49(44)39-54)55-33-29-45-16-5-10-21-50(45)40-55)62(59)63-60(66-2)37-36-58(53-27-26-43-14-3-8-19-48(43)38-53)64(63)68(56-34-30-46-17-6-11-22-51(46)41-56)57-35-31-47-18-7-12-23-52(47)42-57/h3-42H,1-2H3. The fraction of sp³-hybridized carbons (Fsp3) is 0.0312. The van der Waals surface area contributed by atoms with Crippen LogP contribution in [0.3, 0.4) is 0 Å². The first-order chi connectivity index (χ1) is 33.6. The van der Waals surface area contributed by atoms with Gasteiger partial charge in [-0.1, -0.05) is 194 Å². The molecule has 12 aromatic carbocycles. The molecule has 0 atom stereocenters.